The lowest BCUT2D eigenvalue weighted by Crippen LogP contribution is -2.31. The van der Waals surface area contributed by atoms with E-state index in [-0.39, 0.29) is 0 Å². The van der Waals surface area contributed by atoms with Crippen molar-refractivity contribution in [1.82, 2.24) is 14.5 Å². The highest BCUT2D eigenvalue weighted by molar-refractivity contribution is 5.68. The number of hydrogen-bond acceptors (Lipinski definition) is 3. The summed E-state index contributed by atoms with van der Waals surface area (Å²) in [6, 6.07) is 30.2. The number of nitrogens with zero attached hydrogens (tertiary/aromatic N) is 3. The highest BCUT2D eigenvalue weighted by atomic mass is 16.5. The fraction of sp³-hybridized carbons (Fsp3) is 0.417. The van der Waals surface area contributed by atoms with E-state index in [1.165, 1.54) is 54.5 Å². The Bertz CT molecular complexity index is 1290. The van der Waals surface area contributed by atoms with E-state index in [9.17, 15) is 0 Å². The molecule has 4 nitrogen and oxygen atoms in total. The molecule has 0 saturated heterocycles. The van der Waals surface area contributed by atoms with Crippen LogP contribution in [0.4, 0.5) is 0 Å². The first-order valence-corrected chi connectivity index (χ1v) is 15.4. The van der Waals surface area contributed by atoms with Gasteiger partial charge in [0, 0.05) is 37.3 Å². The van der Waals surface area contributed by atoms with Crippen molar-refractivity contribution in [1.29, 1.82) is 0 Å². The largest absolute Gasteiger partial charge is 0.494 e. The van der Waals surface area contributed by atoms with E-state index in [1.54, 1.807) is 0 Å². The topological polar surface area (TPSA) is 30.3 Å². The van der Waals surface area contributed by atoms with Crippen molar-refractivity contribution >= 4 is 0 Å². The van der Waals surface area contributed by atoms with Crippen LogP contribution >= 0.6 is 0 Å². The lowest BCUT2D eigenvalue weighted by atomic mass is 9.89. The van der Waals surface area contributed by atoms with Gasteiger partial charge >= 0.3 is 0 Å². The fourth-order valence-electron chi connectivity index (χ4n) is 6.09. The van der Waals surface area contributed by atoms with Crippen molar-refractivity contribution in [2.24, 2.45) is 5.92 Å². The second kappa shape index (κ2) is 14.3. The Balaban J connectivity index is 1.54. The van der Waals surface area contributed by atoms with Crippen LogP contribution in [0.1, 0.15) is 70.1 Å². The number of aromatic nitrogens is 2. The van der Waals surface area contributed by atoms with Crippen LogP contribution in [0.25, 0.3) is 22.6 Å². The Morgan fingerprint density at radius 3 is 2.12 bits per heavy atom. The van der Waals surface area contributed by atoms with Gasteiger partial charge < -0.3 is 9.30 Å². The molecule has 4 heteroatoms. The molecular formula is C36H45N3O. The summed E-state index contributed by atoms with van der Waals surface area (Å²) in [5, 5.41) is 0. The molecule has 3 aromatic carbocycles. The molecule has 0 bridgehead atoms. The van der Waals surface area contributed by atoms with Gasteiger partial charge in [0.2, 0.25) is 0 Å². The van der Waals surface area contributed by atoms with E-state index < -0.39 is 0 Å². The van der Waals surface area contributed by atoms with E-state index in [2.05, 4.69) is 101 Å². The third kappa shape index (κ3) is 7.22. The standard InChI is InChI=1S/C36H45N3O/c1-3-5-25-39-34(35(31-17-11-7-12-18-31)37-36(39)32-19-13-8-14-20-32)28-38(26-29-15-9-6-10-16-29)27-30-21-23-33(24-22-30)40-4-2/h7-8,11-14,17-24,29H,3-6,9-10,15-16,25-28H2,1-2H3. The van der Waals surface area contributed by atoms with Crippen molar-refractivity contribution in [2.75, 3.05) is 13.2 Å². The van der Waals surface area contributed by atoms with E-state index in [1.807, 2.05) is 6.92 Å². The summed E-state index contributed by atoms with van der Waals surface area (Å²) in [5.41, 5.74) is 6.18. The predicted octanol–water partition coefficient (Wildman–Crippen LogP) is 9.00. The van der Waals surface area contributed by atoms with Crippen molar-refractivity contribution in [2.45, 2.75) is 78.4 Å². The van der Waals surface area contributed by atoms with Gasteiger partial charge in [0.1, 0.15) is 11.6 Å². The number of ether oxygens (including phenoxy) is 1. The van der Waals surface area contributed by atoms with Gasteiger partial charge in [-0.1, -0.05) is 105 Å². The van der Waals surface area contributed by atoms with Gasteiger partial charge in [-0.15, -0.1) is 0 Å². The lowest BCUT2D eigenvalue weighted by molar-refractivity contribution is 0.183. The Labute approximate surface area is 241 Å². The molecular weight excluding hydrogens is 490 g/mol. The first kappa shape index (κ1) is 28.2. The quantitative estimate of drug-likeness (QED) is 0.171. The molecule has 1 saturated carbocycles. The van der Waals surface area contributed by atoms with Gasteiger partial charge in [0.05, 0.1) is 18.0 Å². The summed E-state index contributed by atoms with van der Waals surface area (Å²) < 4.78 is 8.24. The van der Waals surface area contributed by atoms with E-state index >= 15 is 0 Å². The molecule has 0 amide bonds. The summed E-state index contributed by atoms with van der Waals surface area (Å²) in [6.45, 7) is 8.93. The van der Waals surface area contributed by atoms with E-state index in [0.29, 0.717) is 6.61 Å². The highest BCUT2D eigenvalue weighted by Crippen LogP contribution is 2.33. The first-order chi connectivity index (χ1) is 19.7. The van der Waals surface area contributed by atoms with Gasteiger partial charge in [-0.2, -0.15) is 0 Å². The molecule has 0 spiro atoms. The van der Waals surface area contributed by atoms with E-state index in [0.717, 1.165) is 62.2 Å². The van der Waals surface area contributed by atoms with Crippen LogP contribution < -0.4 is 4.74 Å². The minimum Gasteiger partial charge on any atom is -0.494 e. The second-order valence-electron chi connectivity index (χ2n) is 11.2. The Morgan fingerprint density at radius 2 is 1.48 bits per heavy atom. The predicted molar refractivity (Wildman–Crippen MR) is 166 cm³/mol. The van der Waals surface area contributed by atoms with Crippen LogP contribution in [-0.4, -0.2) is 27.6 Å². The van der Waals surface area contributed by atoms with Gasteiger partial charge in [-0.05, 0) is 49.8 Å². The molecule has 1 aliphatic rings. The molecule has 1 heterocycles. The van der Waals surface area contributed by atoms with Gasteiger partial charge in [-0.3, -0.25) is 4.90 Å². The van der Waals surface area contributed by atoms with Crippen LogP contribution in [0.2, 0.25) is 0 Å². The molecule has 210 valence electrons. The molecule has 1 aliphatic carbocycles. The average molecular weight is 536 g/mol. The Kier molecular flexibility index (Phi) is 10.1. The number of unbranched alkanes of at least 4 members (excludes halogenated alkanes) is 1. The monoisotopic (exact) mass is 535 g/mol. The molecule has 1 aromatic heterocycles. The molecule has 1 fully saturated rings. The third-order valence-electron chi connectivity index (χ3n) is 8.14. The summed E-state index contributed by atoms with van der Waals surface area (Å²) in [5.74, 6) is 2.79. The van der Waals surface area contributed by atoms with Crippen LogP contribution in [0.5, 0.6) is 5.75 Å². The van der Waals surface area contributed by atoms with Crippen LogP contribution in [-0.2, 0) is 19.6 Å². The summed E-state index contributed by atoms with van der Waals surface area (Å²) in [7, 11) is 0. The van der Waals surface area contributed by atoms with Gasteiger partial charge in [0.15, 0.2) is 0 Å². The molecule has 0 radical (unpaired) electrons. The SMILES string of the molecule is CCCCn1c(-c2ccccc2)nc(-c2ccccc2)c1CN(Cc1ccc(OCC)cc1)CC1CCCCC1. The smallest absolute Gasteiger partial charge is 0.140 e. The molecule has 4 aromatic rings. The minimum absolute atomic E-state index is 0.695. The number of hydrogen-bond donors (Lipinski definition) is 0. The zero-order valence-corrected chi connectivity index (χ0v) is 24.4. The van der Waals surface area contributed by atoms with Crippen molar-refractivity contribution in [3.05, 3.63) is 96.2 Å². The molecule has 0 N–H and O–H groups in total. The summed E-state index contributed by atoms with van der Waals surface area (Å²) in [4.78, 5) is 8.05. The minimum atomic E-state index is 0.695. The average Bonchev–Trinajstić information content (AvgIpc) is 3.36. The van der Waals surface area contributed by atoms with Gasteiger partial charge in [0.25, 0.3) is 0 Å². The maximum Gasteiger partial charge on any atom is 0.140 e. The van der Waals surface area contributed by atoms with Crippen LogP contribution in [0.15, 0.2) is 84.9 Å². The molecule has 0 atom stereocenters. The van der Waals surface area contributed by atoms with Crippen molar-refractivity contribution in [3.8, 4) is 28.4 Å². The van der Waals surface area contributed by atoms with Gasteiger partial charge in [-0.25, -0.2) is 4.98 Å². The highest BCUT2D eigenvalue weighted by Gasteiger charge is 2.24. The molecule has 0 aliphatic heterocycles. The van der Waals surface area contributed by atoms with Crippen molar-refractivity contribution < 1.29 is 4.74 Å². The van der Waals surface area contributed by atoms with Crippen molar-refractivity contribution in [3.63, 3.8) is 0 Å². The zero-order valence-electron chi connectivity index (χ0n) is 24.4. The number of benzene rings is 3. The Hall–Kier alpha value is -3.37. The normalized spacial score (nSPS) is 14.1. The third-order valence-corrected chi connectivity index (χ3v) is 8.14. The zero-order chi connectivity index (χ0) is 27.6. The summed E-state index contributed by atoms with van der Waals surface area (Å²) >= 11 is 0. The molecule has 40 heavy (non-hydrogen) atoms. The number of rotatable bonds is 13. The lowest BCUT2D eigenvalue weighted by Gasteiger charge is -2.30. The fourth-order valence-corrected chi connectivity index (χ4v) is 6.09. The summed E-state index contributed by atoms with van der Waals surface area (Å²) in [6.07, 6.45) is 9.10. The second-order valence-corrected chi connectivity index (χ2v) is 11.2. The number of imidazole rings is 1. The van der Waals surface area contributed by atoms with E-state index in [4.69, 9.17) is 9.72 Å². The first-order valence-electron chi connectivity index (χ1n) is 15.4. The molecule has 5 rings (SSSR count). The van der Waals surface area contributed by atoms with Crippen LogP contribution in [0.3, 0.4) is 0 Å². The maximum atomic E-state index is 5.72. The van der Waals surface area contributed by atoms with Crippen LogP contribution in [0, 0.1) is 5.92 Å². The molecule has 0 unspecified atom stereocenters. The maximum absolute atomic E-state index is 5.72. The Morgan fingerprint density at radius 1 is 0.800 bits per heavy atom.